The van der Waals surface area contributed by atoms with Crippen LogP contribution in [0.3, 0.4) is 0 Å². The fourth-order valence-corrected chi connectivity index (χ4v) is 3.16. The Bertz CT molecular complexity index is 1240. The van der Waals surface area contributed by atoms with E-state index in [0.717, 1.165) is 4.90 Å². The summed E-state index contributed by atoms with van der Waals surface area (Å²) in [5.41, 5.74) is 1.49. The number of fused-ring (bicyclic) bond motifs is 1. The molecule has 4 aromatic rings. The molecule has 0 aliphatic carbocycles. The molecule has 0 aliphatic heterocycles. The molecule has 2 N–H and O–H groups in total. The van der Waals surface area contributed by atoms with Gasteiger partial charge < -0.3 is 14.8 Å². The highest BCUT2D eigenvalue weighted by molar-refractivity contribution is 7.98. The second kappa shape index (κ2) is 8.20. The Balaban J connectivity index is 1.84. The Kier molecular flexibility index (Phi) is 5.31. The van der Waals surface area contributed by atoms with Crippen molar-refractivity contribution < 1.29 is 14.3 Å². The van der Waals surface area contributed by atoms with E-state index in [1.807, 2.05) is 30.5 Å². The standard InChI is InChI=1S/C22H17N3O3S/c1-29-17-9-6-15(7-10-17)24-22-18(21(27)25-20-4-2-3-11-23-20)12-14-5-8-16(26)13-19(14)28-22/h2-13,26H,1H3,(H,23,25,27). The topological polar surface area (TPSA) is 87.7 Å². The molecular formula is C22H17N3O3S. The number of aromatic nitrogens is 1. The third-order valence-corrected chi connectivity index (χ3v) is 4.93. The Morgan fingerprint density at radius 1 is 1.10 bits per heavy atom. The van der Waals surface area contributed by atoms with Crippen LogP contribution in [0.4, 0.5) is 11.5 Å². The summed E-state index contributed by atoms with van der Waals surface area (Å²) in [5.74, 6) is 0.114. The molecule has 0 unspecified atom stereocenters. The predicted octanol–water partition coefficient (Wildman–Crippen LogP) is 4.74. The van der Waals surface area contributed by atoms with Crippen molar-refractivity contribution in [3.05, 3.63) is 84.0 Å². The van der Waals surface area contributed by atoms with Crippen LogP contribution in [-0.2, 0) is 0 Å². The highest BCUT2D eigenvalue weighted by Crippen LogP contribution is 2.22. The SMILES string of the molecule is CSc1ccc(N=c2oc3cc(O)ccc3cc2C(=O)Nc2ccccn2)cc1. The molecule has 2 aromatic carbocycles. The maximum absolute atomic E-state index is 12.9. The number of carbonyl (C=O) groups is 1. The van der Waals surface area contributed by atoms with Gasteiger partial charge in [0.2, 0.25) is 5.55 Å². The maximum Gasteiger partial charge on any atom is 0.262 e. The predicted molar refractivity (Wildman–Crippen MR) is 114 cm³/mol. The van der Waals surface area contributed by atoms with Crippen LogP contribution in [0.25, 0.3) is 11.0 Å². The molecule has 2 heterocycles. The van der Waals surface area contributed by atoms with Crippen LogP contribution in [0.2, 0.25) is 0 Å². The molecule has 0 bridgehead atoms. The molecule has 0 aliphatic rings. The highest BCUT2D eigenvalue weighted by Gasteiger charge is 2.14. The number of amides is 1. The van der Waals surface area contributed by atoms with Gasteiger partial charge in [0.15, 0.2) is 0 Å². The van der Waals surface area contributed by atoms with E-state index in [2.05, 4.69) is 15.3 Å². The first-order valence-corrected chi connectivity index (χ1v) is 10.0. The second-order valence-corrected chi connectivity index (χ2v) is 7.05. The van der Waals surface area contributed by atoms with Crippen molar-refractivity contribution in [3.8, 4) is 5.75 Å². The number of nitrogens with one attached hydrogen (secondary N) is 1. The molecule has 2 aromatic heterocycles. The van der Waals surface area contributed by atoms with Gasteiger partial charge in [-0.05, 0) is 60.9 Å². The number of anilines is 1. The summed E-state index contributed by atoms with van der Waals surface area (Å²) >= 11 is 1.63. The van der Waals surface area contributed by atoms with Gasteiger partial charge in [0.05, 0.1) is 5.69 Å². The fraction of sp³-hybridized carbons (Fsp3) is 0.0455. The van der Waals surface area contributed by atoms with Crippen molar-refractivity contribution in [1.82, 2.24) is 4.98 Å². The third-order valence-electron chi connectivity index (χ3n) is 4.19. The molecule has 0 spiro atoms. The molecule has 0 saturated heterocycles. The molecule has 0 radical (unpaired) electrons. The lowest BCUT2D eigenvalue weighted by Crippen LogP contribution is -2.22. The largest absolute Gasteiger partial charge is 0.508 e. The van der Waals surface area contributed by atoms with Gasteiger partial charge in [-0.2, -0.15) is 0 Å². The third kappa shape index (κ3) is 4.30. The van der Waals surface area contributed by atoms with Crippen LogP contribution in [0, 0.1) is 0 Å². The molecule has 7 heteroatoms. The zero-order valence-electron chi connectivity index (χ0n) is 15.5. The van der Waals surface area contributed by atoms with Crippen molar-refractivity contribution in [2.24, 2.45) is 4.99 Å². The quantitative estimate of drug-likeness (QED) is 0.481. The van der Waals surface area contributed by atoms with E-state index in [4.69, 9.17) is 4.42 Å². The van der Waals surface area contributed by atoms with Gasteiger partial charge in [-0.3, -0.25) is 4.79 Å². The molecule has 0 saturated carbocycles. The Morgan fingerprint density at radius 2 is 1.93 bits per heavy atom. The van der Waals surface area contributed by atoms with Gasteiger partial charge in [0.1, 0.15) is 22.7 Å². The van der Waals surface area contributed by atoms with Gasteiger partial charge in [-0.1, -0.05) is 6.07 Å². The average molecular weight is 403 g/mol. The van der Waals surface area contributed by atoms with Crippen molar-refractivity contribution in [2.75, 3.05) is 11.6 Å². The summed E-state index contributed by atoms with van der Waals surface area (Å²) in [6.07, 6.45) is 3.60. The molecular weight excluding hydrogens is 386 g/mol. The lowest BCUT2D eigenvalue weighted by molar-refractivity contribution is 0.102. The van der Waals surface area contributed by atoms with Crippen LogP contribution < -0.4 is 10.9 Å². The first-order valence-electron chi connectivity index (χ1n) is 8.80. The number of pyridine rings is 1. The number of benzene rings is 2. The summed E-state index contributed by atoms with van der Waals surface area (Å²) < 4.78 is 5.88. The Hall–Kier alpha value is -3.58. The van der Waals surface area contributed by atoms with Gasteiger partial charge in [0.25, 0.3) is 5.91 Å². The van der Waals surface area contributed by atoms with E-state index in [-0.39, 0.29) is 22.8 Å². The molecule has 1 amide bonds. The molecule has 29 heavy (non-hydrogen) atoms. The summed E-state index contributed by atoms with van der Waals surface area (Å²) in [7, 11) is 0. The van der Waals surface area contributed by atoms with Crippen LogP contribution in [0.1, 0.15) is 10.4 Å². The van der Waals surface area contributed by atoms with E-state index in [1.54, 1.807) is 48.3 Å². The molecule has 4 rings (SSSR count). The number of thioether (sulfide) groups is 1. The minimum atomic E-state index is -0.387. The minimum Gasteiger partial charge on any atom is -0.508 e. The van der Waals surface area contributed by atoms with Gasteiger partial charge in [0, 0.05) is 22.5 Å². The zero-order chi connectivity index (χ0) is 20.2. The molecule has 6 nitrogen and oxygen atoms in total. The molecule has 0 atom stereocenters. The molecule has 0 fully saturated rings. The van der Waals surface area contributed by atoms with Crippen LogP contribution in [0.15, 0.2) is 87.2 Å². The Morgan fingerprint density at radius 3 is 2.66 bits per heavy atom. The number of hydrogen-bond donors (Lipinski definition) is 2. The lowest BCUT2D eigenvalue weighted by Gasteiger charge is -2.07. The lowest BCUT2D eigenvalue weighted by atomic mass is 10.1. The second-order valence-electron chi connectivity index (χ2n) is 6.17. The number of rotatable bonds is 4. The number of aromatic hydroxyl groups is 1. The number of phenolic OH excluding ortho intramolecular Hbond substituents is 1. The number of carbonyl (C=O) groups excluding carboxylic acids is 1. The van der Waals surface area contributed by atoms with Crippen LogP contribution >= 0.6 is 11.8 Å². The minimum absolute atomic E-state index is 0.0715. The van der Waals surface area contributed by atoms with E-state index < -0.39 is 0 Å². The maximum atomic E-state index is 12.9. The van der Waals surface area contributed by atoms with E-state index >= 15 is 0 Å². The smallest absolute Gasteiger partial charge is 0.262 e. The van der Waals surface area contributed by atoms with E-state index in [9.17, 15) is 9.90 Å². The van der Waals surface area contributed by atoms with Crippen molar-refractivity contribution in [3.63, 3.8) is 0 Å². The van der Waals surface area contributed by atoms with E-state index in [1.165, 1.54) is 12.1 Å². The highest BCUT2D eigenvalue weighted by atomic mass is 32.2. The fourth-order valence-electron chi connectivity index (χ4n) is 2.75. The zero-order valence-corrected chi connectivity index (χ0v) is 16.3. The normalized spacial score (nSPS) is 11.6. The number of hydrogen-bond acceptors (Lipinski definition) is 6. The van der Waals surface area contributed by atoms with Crippen molar-refractivity contribution in [1.29, 1.82) is 0 Å². The summed E-state index contributed by atoms with van der Waals surface area (Å²) in [6, 6.07) is 19.3. The average Bonchev–Trinajstić information content (AvgIpc) is 2.74. The Labute approximate surface area is 171 Å². The van der Waals surface area contributed by atoms with E-state index in [0.29, 0.717) is 22.5 Å². The summed E-state index contributed by atoms with van der Waals surface area (Å²) in [5, 5.41) is 13.2. The first kappa shape index (κ1) is 18.8. The van der Waals surface area contributed by atoms with Crippen LogP contribution in [-0.4, -0.2) is 22.3 Å². The number of nitrogens with zero attached hydrogens (tertiary/aromatic N) is 2. The van der Waals surface area contributed by atoms with Gasteiger partial charge >= 0.3 is 0 Å². The molecule has 144 valence electrons. The van der Waals surface area contributed by atoms with Crippen molar-refractivity contribution >= 4 is 40.1 Å². The summed E-state index contributed by atoms with van der Waals surface area (Å²) in [6.45, 7) is 0. The van der Waals surface area contributed by atoms with Gasteiger partial charge in [-0.25, -0.2) is 9.98 Å². The van der Waals surface area contributed by atoms with Gasteiger partial charge in [-0.15, -0.1) is 11.8 Å². The first-order chi connectivity index (χ1) is 14.1. The van der Waals surface area contributed by atoms with Crippen molar-refractivity contribution in [2.45, 2.75) is 4.90 Å². The van der Waals surface area contributed by atoms with Crippen LogP contribution in [0.5, 0.6) is 5.75 Å². The monoisotopic (exact) mass is 403 g/mol. The summed E-state index contributed by atoms with van der Waals surface area (Å²) in [4.78, 5) is 22.7. The number of phenols is 1.